The summed E-state index contributed by atoms with van der Waals surface area (Å²) < 4.78 is 21.5. The average molecular weight is 568 g/mol. The van der Waals surface area contributed by atoms with Crippen molar-refractivity contribution in [3.05, 3.63) is 94.0 Å². The number of nitrogens with one attached hydrogen (secondary N) is 2. The van der Waals surface area contributed by atoms with Crippen LogP contribution in [-0.2, 0) is 11.3 Å². The van der Waals surface area contributed by atoms with Gasteiger partial charge in [-0.1, -0.05) is 41.6 Å². The molecule has 0 atom stereocenters. The van der Waals surface area contributed by atoms with Crippen molar-refractivity contribution in [1.82, 2.24) is 20.1 Å². The number of carbonyl (C=O) groups excluding carboxylic acids is 2. The van der Waals surface area contributed by atoms with E-state index in [2.05, 4.69) is 20.8 Å². The molecule has 0 bridgehead atoms. The summed E-state index contributed by atoms with van der Waals surface area (Å²) in [7, 11) is 0. The maximum atomic E-state index is 14.2. The number of nitrogens with zero attached hydrogens (tertiary/aromatic N) is 3. The molecule has 0 radical (unpaired) electrons. The van der Waals surface area contributed by atoms with Gasteiger partial charge in [-0.15, -0.1) is 10.2 Å². The number of halogens is 2. The van der Waals surface area contributed by atoms with Crippen LogP contribution in [0.15, 0.2) is 65.8 Å². The Morgan fingerprint density at radius 1 is 1.08 bits per heavy atom. The van der Waals surface area contributed by atoms with E-state index in [0.29, 0.717) is 29.0 Å². The Kier molecular flexibility index (Phi) is 9.21. The van der Waals surface area contributed by atoms with E-state index >= 15 is 0 Å². The summed E-state index contributed by atoms with van der Waals surface area (Å²) in [6.07, 6.45) is 0. The largest absolute Gasteiger partial charge is 0.494 e. The molecule has 2 amide bonds. The number of amides is 2. The molecule has 1 aromatic heterocycles. The van der Waals surface area contributed by atoms with Crippen LogP contribution < -0.4 is 15.4 Å². The number of hydrogen-bond donors (Lipinski definition) is 2. The molecular weight excluding hydrogens is 541 g/mol. The number of ether oxygens (including phenoxy) is 1. The summed E-state index contributed by atoms with van der Waals surface area (Å²) in [6, 6.07) is 17.2. The predicted octanol–water partition coefficient (Wildman–Crippen LogP) is 5.74. The Labute approximate surface area is 234 Å². The van der Waals surface area contributed by atoms with Gasteiger partial charge in [0, 0.05) is 11.4 Å². The Morgan fingerprint density at radius 2 is 1.85 bits per heavy atom. The number of hydrogen-bond acceptors (Lipinski definition) is 6. The average Bonchev–Trinajstić information content (AvgIpc) is 3.31. The number of aryl methyl sites for hydroxylation is 2. The van der Waals surface area contributed by atoms with Gasteiger partial charge in [0.25, 0.3) is 5.91 Å². The molecule has 11 heteroatoms. The second-order valence-corrected chi connectivity index (χ2v) is 9.95. The van der Waals surface area contributed by atoms with Crippen LogP contribution in [0.3, 0.4) is 0 Å². The van der Waals surface area contributed by atoms with Gasteiger partial charge in [0.15, 0.2) is 11.0 Å². The summed E-state index contributed by atoms with van der Waals surface area (Å²) >= 11 is 7.24. The molecule has 4 rings (SSSR count). The first-order valence-corrected chi connectivity index (χ1v) is 13.5. The lowest BCUT2D eigenvalue weighted by molar-refractivity contribution is -0.113. The minimum Gasteiger partial charge on any atom is -0.494 e. The topological polar surface area (TPSA) is 98.1 Å². The molecule has 0 spiro atoms. The molecule has 0 unspecified atom stereocenters. The second-order valence-electron chi connectivity index (χ2n) is 8.60. The standard InChI is InChI=1S/C28H27ClFN5O3S/c1-4-38-20-12-10-19(11-13-20)35-24(15-31-27(37)26-21(29)6-5-7-22(26)30)33-34-28(35)39-16-25(36)32-23-14-17(2)8-9-18(23)3/h5-14H,4,15-16H2,1-3H3,(H,31,37)(H,32,36). The predicted molar refractivity (Wildman–Crippen MR) is 150 cm³/mol. The third kappa shape index (κ3) is 6.96. The van der Waals surface area contributed by atoms with E-state index in [9.17, 15) is 14.0 Å². The number of thioether (sulfide) groups is 1. The Hall–Kier alpha value is -3.89. The van der Waals surface area contributed by atoms with Crippen LogP contribution in [0.25, 0.3) is 5.69 Å². The highest BCUT2D eigenvalue weighted by molar-refractivity contribution is 7.99. The van der Waals surface area contributed by atoms with Crippen molar-refractivity contribution in [3.63, 3.8) is 0 Å². The van der Waals surface area contributed by atoms with E-state index in [1.807, 2.05) is 63.2 Å². The van der Waals surface area contributed by atoms with Crippen molar-refractivity contribution < 1.29 is 18.7 Å². The lowest BCUT2D eigenvalue weighted by atomic mass is 10.1. The van der Waals surface area contributed by atoms with Gasteiger partial charge < -0.3 is 15.4 Å². The van der Waals surface area contributed by atoms with Crippen LogP contribution in [0.2, 0.25) is 5.02 Å². The molecule has 1 heterocycles. The zero-order chi connectivity index (χ0) is 27.9. The molecule has 4 aromatic rings. The fourth-order valence-electron chi connectivity index (χ4n) is 3.78. The van der Waals surface area contributed by atoms with E-state index < -0.39 is 11.7 Å². The fourth-order valence-corrected chi connectivity index (χ4v) is 4.79. The SMILES string of the molecule is CCOc1ccc(-n2c(CNC(=O)c3c(F)cccc3Cl)nnc2SCC(=O)Nc2cc(C)ccc2C)cc1. The van der Waals surface area contributed by atoms with Gasteiger partial charge in [0.1, 0.15) is 11.6 Å². The van der Waals surface area contributed by atoms with Gasteiger partial charge in [-0.05, 0) is 74.4 Å². The third-order valence-electron chi connectivity index (χ3n) is 5.70. The number of rotatable bonds is 10. The first-order valence-electron chi connectivity index (χ1n) is 12.2. The molecule has 8 nitrogen and oxygen atoms in total. The Morgan fingerprint density at radius 3 is 2.56 bits per heavy atom. The normalized spacial score (nSPS) is 10.8. The maximum Gasteiger partial charge on any atom is 0.256 e. The molecule has 3 aromatic carbocycles. The highest BCUT2D eigenvalue weighted by Gasteiger charge is 2.20. The van der Waals surface area contributed by atoms with Gasteiger partial charge in [-0.3, -0.25) is 14.2 Å². The minimum absolute atomic E-state index is 0.00610. The maximum absolute atomic E-state index is 14.2. The first kappa shape index (κ1) is 28.1. The quantitative estimate of drug-likeness (QED) is 0.237. The summed E-state index contributed by atoms with van der Waals surface area (Å²) in [5, 5.41) is 14.6. The summed E-state index contributed by atoms with van der Waals surface area (Å²) in [5.74, 6) is -0.433. The van der Waals surface area contributed by atoms with Crippen LogP contribution in [0, 0.1) is 19.7 Å². The molecule has 0 aliphatic rings. The van der Waals surface area contributed by atoms with Crippen molar-refractivity contribution in [1.29, 1.82) is 0 Å². The minimum atomic E-state index is -0.723. The van der Waals surface area contributed by atoms with Gasteiger partial charge in [0.2, 0.25) is 5.91 Å². The molecule has 202 valence electrons. The van der Waals surface area contributed by atoms with Crippen LogP contribution >= 0.6 is 23.4 Å². The van der Waals surface area contributed by atoms with E-state index in [0.717, 1.165) is 16.8 Å². The Bertz CT molecular complexity index is 1470. The number of carbonyl (C=O) groups is 2. The second kappa shape index (κ2) is 12.8. The molecule has 0 fully saturated rings. The first-order chi connectivity index (χ1) is 18.8. The third-order valence-corrected chi connectivity index (χ3v) is 6.95. The van der Waals surface area contributed by atoms with Gasteiger partial charge >= 0.3 is 0 Å². The van der Waals surface area contributed by atoms with Crippen molar-refractivity contribution in [2.75, 3.05) is 17.7 Å². The van der Waals surface area contributed by atoms with Crippen molar-refractivity contribution >= 4 is 40.9 Å². The zero-order valence-corrected chi connectivity index (χ0v) is 23.2. The van der Waals surface area contributed by atoms with Gasteiger partial charge in [-0.2, -0.15) is 0 Å². The lowest BCUT2D eigenvalue weighted by Gasteiger charge is -2.13. The number of benzene rings is 3. The molecular formula is C28H27ClFN5O3S. The van der Waals surface area contributed by atoms with Crippen molar-refractivity contribution in [3.8, 4) is 11.4 Å². The lowest BCUT2D eigenvalue weighted by Crippen LogP contribution is -2.26. The van der Waals surface area contributed by atoms with E-state index in [1.54, 1.807) is 4.57 Å². The van der Waals surface area contributed by atoms with Crippen molar-refractivity contribution in [2.45, 2.75) is 32.5 Å². The number of anilines is 1. The molecule has 0 saturated carbocycles. The van der Waals surface area contributed by atoms with E-state index in [-0.39, 0.29) is 28.8 Å². The molecule has 0 saturated heterocycles. The Balaban J connectivity index is 1.55. The molecule has 0 aliphatic heterocycles. The number of aromatic nitrogens is 3. The van der Waals surface area contributed by atoms with Gasteiger partial charge in [0.05, 0.1) is 29.5 Å². The van der Waals surface area contributed by atoms with E-state index in [4.69, 9.17) is 16.3 Å². The zero-order valence-electron chi connectivity index (χ0n) is 21.6. The highest BCUT2D eigenvalue weighted by Crippen LogP contribution is 2.25. The fraction of sp³-hybridized carbons (Fsp3) is 0.214. The molecule has 0 aliphatic carbocycles. The van der Waals surface area contributed by atoms with Crippen molar-refractivity contribution in [2.24, 2.45) is 0 Å². The molecule has 39 heavy (non-hydrogen) atoms. The van der Waals surface area contributed by atoms with Gasteiger partial charge in [-0.25, -0.2) is 4.39 Å². The van der Waals surface area contributed by atoms with E-state index in [1.165, 1.54) is 30.0 Å². The van der Waals surface area contributed by atoms with Crippen LogP contribution in [-0.4, -0.2) is 38.9 Å². The summed E-state index contributed by atoms with van der Waals surface area (Å²) in [4.78, 5) is 25.4. The smallest absolute Gasteiger partial charge is 0.256 e. The van der Waals surface area contributed by atoms with Crippen LogP contribution in [0.4, 0.5) is 10.1 Å². The summed E-state index contributed by atoms with van der Waals surface area (Å²) in [6.45, 7) is 6.26. The highest BCUT2D eigenvalue weighted by atomic mass is 35.5. The molecule has 2 N–H and O–H groups in total. The monoisotopic (exact) mass is 567 g/mol. The summed E-state index contributed by atoms with van der Waals surface area (Å²) in [5.41, 5.74) is 3.22. The van der Waals surface area contributed by atoms with Crippen LogP contribution in [0.5, 0.6) is 5.75 Å². The van der Waals surface area contributed by atoms with Crippen LogP contribution in [0.1, 0.15) is 34.2 Å².